The van der Waals surface area contributed by atoms with Crippen molar-refractivity contribution in [2.75, 3.05) is 25.7 Å². The molecule has 0 saturated heterocycles. The van der Waals surface area contributed by atoms with Gasteiger partial charge in [-0.15, -0.1) is 0 Å². The lowest BCUT2D eigenvalue weighted by atomic mass is 10.2. The van der Waals surface area contributed by atoms with Gasteiger partial charge in [0, 0.05) is 18.2 Å². The molecule has 0 saturated carbocycles. The van der Waals surface area contributed by atoms with E-state index in [9.17, 15) is 9.50 Å². The Morgan fingerprint density at radius 3 is 2.52 bits per heavy atom. The Morgan fingerprint density at radius 1 is 1.19 bits per heavy atom. The number of anilines is 1. The molecule has 0 radical (unpaired) electrons. The molecule has 0 atom stereocenters. The Balaban J connectivity index is 1.74. The molecule has 4 rings (SSSR count). The second-order valence-corrected chi connectivity index (χ2v) is 6.05. The van der Waals surface area contributed by atoms with E-state index < -0.39 is 5.82 Å². The molecule has 1 aliphatic heterocycles. The van der Waals surface area contributed by atoms with Crippen LogP contribution in [0.25, 0.3) is 16.6 Å². The van der Waals surface area contributed by atoms with Crippen molar-refractivity contribution in [3.8, 4) is 11.5 Å². The number of halogens is 1. The fourth-order valence-corrected chi connectivity index (χ4v) is 3.11. The van der Waals surface area contributed by atoms with Gasteiger partial charge in [0.2, 0.25) is 0 Å². The van der Waals surface area contributed by atoms with Crippen molar-refractivity contribution in [3.63, 3.8) is 0 Å². The summed E-state index contributed by atoms with van der Waals surface area (Å²) in [5.74, 6) is 0.930. The second kappa shape index (κ2) is 6.31. The summed E-state index contributed by atoms with van der Waals surface area (Å²) >= 11 is 0. The van der Waals surface area contributed by atoms with Crippen LogP contribution in [-0.2, 0) is 0 Å². The molecule has 1 aliphatic rings. The number of nitrogens with zero attached hydrogens (tertiary/aromatic N) is 2. The number of hydrogen-bond acceptors (Lipinski definition) is 5. The molecule has 7 nitrogen and oxygen atoms in total. The van der Waals surface area contributed by atoms with E-state index in [1.165, 1.54) is 20.3 Å². The largest absolute Gasteiger partial charge is 0.509 e. The molecule has 0 aliphatic carbocycles. The van der Waals surface area contributed by atoms with Crippen molar-refractivity contribution in [3.05, 3.63) is 53.8 Å². The number of H-pyrrole nitrogens is 1. The predicted octanol–water partition coefficient (Wildman–Crippen LogP) is 3.49. The first-order valence-corrected chi connectivity index (χ1v) is 8.18. The van der Waals surface area contributed by atoms with Gasteiger partial charge >= 0.3 is 0 Å². The van der Waals surface area contributed by atoms with E-state index in [0.29, 0.717) is 22.7 Å². The van der Waals surface area contributed by atoms with Crippen molar-refractivity contribution in [1.82, 2.24) is 9.97 Å². The monoisotopic (exact) mass is 368 g/mol. The zero-order valence-electron chi connectivity index (χ0n) is 14.7. The standard InChI is InChI=1S/C19H17FN4O3/c1-26-11-6-10(7-12(8-11)27-2)24-9-15(25)16(18(24)21)19-22-14-5-3-4-13(20)17(14)23-19/h3-8,21,25H,9H2,1-2H3,(H,22,23). The van der Waals surface area contributed by atoms with Crippen molar-refractivity contribution in [2.45, 2.75) is 0 Å². The molecule has 2 heterocycles. The third-order valence-corrected chi connectivity index (χ3v) is 4.45. The molecule has 138 valence electrons. The molecule has 0 spiro atoms. The van der Waals surface area contributed by atoms with E-state index in [-0.39, 0.29) is 35.1 Å². The molecule has 3 aromatic rings. The number of rotatable bonds is 4. The summed E-state index contributed by atoms with van der Waals surface area (Å²) < 4.78 is 24.5. The molecule has 0 amide bonds. The van der Waals surface area contributed by atoms with Crippen molar-refractivity contribution >= 4 is 28.1 Å². The molecule has 27 heavy (non-hydrogen) atoms. The minimum Gasteiger partial charge on any atom is -0.509 e. The molecular formula is C19H17FN4O3. The van der Waals surface area contributed by atoms with Crippen LogP contribution in [0.1, 0.15) is 5.82 Å². The van der Waals surface area contributed by atoms with Crippen LogP contribution in [0.15, 0.2) is 42.2 Å². The maximum Gasteiger partial charge on any atom is 0.151 e. The predicted molar refractivity (Wildman–Crippen MR) is 100 cm³/mol. The Labute approximate surface area is 154 Å². The van der Waals surface area contributed by atoms with Gasteiger partial charge in [-0.05, 0) is 12.1 Å². The number of para-hydroxylation sites is 1. The maximum atomic E-state index is 13.9. The summed E-state index contributed by atoms with van der Waals surface area (Å²) in [5.41, 5.74) is 1.52. The lowest BCUT2D eigenvalue weighted by Crippen LogP contribution is -2.26. The number of amidine groups is 1. The van der Waals surface area contributed by atoms with E-state index in [0.717, 1.165) is 0 Å². The lowest BCUT2D eigenvalue weighted by molar-refractivity contribution is 0.394. The average molecular weight is 368 g/mol. The Kier molecular flexibility index (Phi) is 3.95. The van der Waals surface area contributed by atoms with Gasteiger partial charge in [0.05, 0.1) is 37.5 Å². The van der Waals surface area contributed by atoms with Crippen LogP contribution in [0.2, 0.25) is 0 Å². The van der Waals surface area contributed by atoms with Gasteiger partial charge in [0.25, 0.3) is 0 Å². The topological polar surface area (TPSA) is 94.5 Å². The number of ether oxygens (including phenoxy) is 2. The van der Waals surface area contributed by atoms with E-state index in [1.807, 2.05) is 0 Å². The minimum absolute atomic E-state index is 0.0266. The third-order valence-electron chi connectivity index (χ3n) is 4.45. The maximum absolute atomic E-state index is 13.9. The highest BCUT2D eigenvalue weighted by Gasteiger charge is 2.32. The molecule has 8 heteroatoms. The number of hydrogen-bond donors (Lipinski definition) is 3. The highest BCUT2D eigenvalue weighted by atomic mass is 19.1. The van der Waals surface area contributed by atoms with Crippen molar-refractivity contribution in [2.24, 2.45) is 0 Å². The van der Waals surface area contributed by atoms with E-state index in [2.05, 4.69) is 9.97 Å². The normalized spacial score (nSPS) is 14.3. The number of nitrogens with one attached hydrogen (secondary N) is 2. The first kappa shape index (κ1) is 16.9. The summed E-state index contributed by atoms with van der Waals surface area (Å²) in [4.78, 5) is 8.79. The Hall–Kier alpha value is -3.55. The van der Waals surface area contributed by atoms with Crippen LogP contribution >= 0.6 is 0 Å². The SMILES string of the molecule is COc1cc(OC)cc(N2CC(O)=C(c3nc4c(F)cccc4[nH]3)C2=N)c1. The smallest absolute Gasteiger partial charge is 0.151 e. The summed E-state index contributed by atoms with van der Waals surface area (Å²) in [6, 6.07) is 9.78. The van der Waals surface area contributed by atoms with Crippen molar-refractivity contribution in [1.29, 1.82) is 5.41 Å². The fourth-order valence-electron chi connectivity index (χ4n) is 3.11. The van der Waals surface area contributed by atoms with Gasteiger partial charge in [0.15, 0.2) is 5.82 Å². The van der Waals surface area contributed by atoms with Gasteiger partial charge in [-0.3, -0.25) is 5.41 Å². The fraction of sp³-hybridized carbons (Fsp3) is 0.158. The number of aromatic amines is 1. The molecular weight excluding hydrogens is 351 g/mol. The van der Waals surface area contributed by atoms with Gasteiger partial charge in [-0.25, -0.2) is 9.37 Å². The van der Waals surface area contributed by atoms with Crippen LogP contribution in [0.4, 0.5) is 10.1 Å². The van der Waals surface area contributed by atoms with Crippen LogP contribution in [0.5, 0.6) is 11.5 Å². The summed E-state index contributed by atoms with van der Waals surface area (Å²) in [5, 5.41) is 19.0. The van der Waals surface area contributed by atoms with Crippen molar-refractivity contribution < 1.29 is 19.0 Å². The second-order valence-electron chi connectivity index (χ2n) is 6.05. The van der Waals surface area contributed by atoms with Gasteiger partial charge in [-0.1, -0.05) is 6.07 Å². The summed E-state index contributed by atoms with van der Waals surface area (Å²) in [6.45, 7) is 0.0873. The van der Waals surface area contributed by atoms with Gasteiger partial charge in [0.1, 0.15) is 34.4 Å². The van der Waals surface area contributed by atoms with Crippen LogP contribution < -0.4 is 14.4 Å². The molecule has 3 N–H and O–H groups in total. The Morgan fingerprint density at radius 2 is 1.89 bits per heavy atom. The van der Waals surface area contributed by atoms with Crippen LogP contribution in [0, 0.1) is 11.2 Å². The quantitative estimate of drug-likeness (QED) is 0.655. The van der Waals surface area contributed by atoms with Gasteiger partial charge < -0.3 is 24.5 Å². The average Bonchev–Trinajstić information content (AvgIpc) is 3.22. The number of benzene rings is 2. The molecule has 2 aromatic carbocycles. The number of aromatic nitrogens is 2. The number of aliphatic hydroxyl groups excluding tert-OH is 1. The highest BCUT2D eigenvalue weighted by Crippen LogP contribution is 2.35. The first-order chi connectivity index (χ1) is 13.0. The first-order valence-electron chi connectivity index (χ1n) is 8.18. The Bertz CT molecular complexity index is 1070. The van der Waals surface area contributed by atoms with E-state index in [1.54, 1.807) is 35.2 Å². The molecule has 0 fully saturated rings. The zero-order chi connectivity index (χ0) is 19.1. The summed E-state index contributed by atoms with van der Waals surface area (Å²) in [6.07, 6.45) is 0. The third kappa shape index (κ3) is 2.75. The molecule has 1 aromatic heterocycles. The zero-order valence-corrected chi connectivity index (χ0v) is 14.7. The number of methoxy groups -OCH3 is 2. The lowest BCUT2D eigenvalue weighted by Gasteiger charge is -2.20. The van der Waals surface area contributed by atoms with Gasteiger partial charge in [-0.2, -0.15) is 0 Å². The highest BCUT2D eigenvalue weighted by molar-refractivity contribution is 6.30. The number of aliphatic hydroxyl groups is 1. The minimum atomic E-state index is -0.464. The number of fused-ring (bicyclic) bond motifs is 1. The van der Waals surface area contributed by atoms with Crippen LogP contribution in [0.3, 0.4) is 0 Å². The number of imidazole rings is 1. The van der Waals surface area contributed by atoms with Crippen LogP contribution in [-0.4, -0.2) is 41.7 Å². The molecule has 0 bridgehead atoms. The summed E-state index contributed by atoms with van der Waals surface area (Å²) in [7, 11) is 3.08. The van der Waals surface area contributed by atoms with E-state index in [4.69, 9.17) is 14.9 Å². The van der Waals surface area contributed by atoms with E-state index >= 15 is 0 Å². The molecule has 0 unspecified atom stereocenters.